The molecule has 0 spiro atoms. The van der Waals surface area contributed by atoms with Crippen LogP contribution >= 0.6 is 0 Å². The smallest absolute Gasteiger partial charge is 0.327 e. The molecule has 2 rings (SSSR count). The van der Waals surface area contributed by atoms with Crippen LogP contribution in [0.25, 0.3) is 11.4 Å². The van der Waals surface area contributed by atoms with Crippen LogP contribution in [0.4, 0.5) is 0 Å². The Morgan fingerprint density at radius 1 is 1.05 bits per heavy atom. The largest absolute Gasteiger partial charge is 0.468 e. The van der Waals surface area contributed by atoms with Gasteiger partial charge >= 0.3 is 11.9 Å². The first-order valence-electron chi connectivity index (χ1n) is 6.04. The van der Waals surface area contributed by atoms with Crippen molar-refractivity contribution in [3.05, 3.63) is 36.2 Å². The number of nitrogens with one attached hydrogen (secondary N) is 2. The zero-order valence-electron chi connectivity index (χ0n) is 11.5. The van der Waals surface area contributed by atoms with E-state index in [1.807, 2.05) is 12.1 Å². The Hall–Kier alpha value is -2.50. The van der Waals surface area contributed by atoms with Crippen molar-refractivity contribution in [1.29, 1.82) is 0 Å². The maximum absolute atomic E-state index is 12.1. The van der Waals surface area contributed by atoms with Gasteiger partial charge in [-0.15, -0.1) is 0 Å². The molecule has 0 radical (unpaired) electrons. The summed E-state index contributed by atoms with van der Waals surface area (Å²) in [5.74, 6) is -1.34. The molecule has 0 saturated carbocycles. The Balaban J connectivity index is 2.59. The van der Waals surface area contributed by atoms with Gasteiger partial charge in [-0.1, -0.05) is 0 Å². The molecule has 0 aliphatic carbocycles. The van der Waals surface area contributed by atoms with E-state index in [2.05, 4.69) is 9.97 Å². The summed E-state index contributed by atoms with van der Waals surface area (Å²) in [5.41, 5.74) is 0.389. The predicted molar refractivity (Wildman–Crippen MR) is 72.0 cm³/mol. The molecule has 0 aromatic carbocycles. The van der Waals surface area contributed by atoms with E-state index in [-0.39, 0.29) is 0 Å². The lowest BCUT2D eigenvalue weighted by Gasteiger charge is -2.24. The van der Waals surface area contributed by atoms with Crippen molar-refractivity contribution >= 4 is 11.9 Å². The fourth-order valence-corrected chi connectivity index (χ4v) is 2.21. The summed E-state index contributed by atoms with van der Waals surface area (Å²) in [5, 5.41) is 0. The molecular weight excluding hydrogens is 260 g/mol. The number of hydrogen-bond donors (Lipinski definition) is 2. The Kier molecular flexibility index (Phi) is 3.65. The van der Waals surface area contributed by atoms with Gasteiger partial charge in [0.05, 0.1) is 25.6 Å². The summed E-state index contributed by atoms with van der Waals surface area (Å²) in [6, 6.07) is 5.34. The molecule has 0 aliphatic heterocycles. The molecule has 0 saturated heterocycles. The van der Waals surface area contributed by atoms with Crippen LogP contribution in [0.1, 0.15) is 12.5 Å². The number of esters is 2. The molecule has 6 heteroatoms. The third-order valence-corrected chi connectivity index (χ3v) is 3.34. The minimum absolute atomic E-state index is 0.499. The maximum Gasteiger partial charge on any atom is 0.327 e. The molecule has 2 N–H and O–H groups in total. The summed E-state index contributed by atoms with van der Waals surface area (Å²) in [7, 11) is 2.48. The standard InChI is InChI=1S/C14H16N2O4/c1-14(12(17)19-2,13(18)20-3)9-6-8-16-11(9)10-5-4-7-15-10/h4-8,15-16H,1-3H3. The molecule has 0 fully saturated rings. The van der Waals surface area contributed by atoms with Gasteiger partial charge < -0.3 is 19.4 Å². The number of carbonyl (C=O) groups excluding carboxylic acids is 2. The summed E-state index contributed by atoms with van der Waals surface area (Å²) >= 11 is 0. The van der Waals surface area contributed by atoms with E-state index < -0.39 is 17.4 Å². The van der Waals surface area contributed by atoms with E-state index in [1.165, 1.54) is 21.1 Å². The van der Waals surface area contributed by atoms with Gasteiger partial charge in [-0.05, 0) is 25.1 Å². The summed E-state index contributed by atoms with van der Waals surface area (Å²) in [6.45, 7) is 1.49. The lowest BCUT2D eigenvalue weighted by molar-refractivity contribution is -0.160. The lowest BCUT2D eigenvalue weighted by Crippen LogP contribution is -2.42. The Morgan fingerprint density at radius 3 is 2.20 bits per heavy atom. The minimum atomic E-state index is -1.52. The van der Waals surface area contributed by atoms with Crippen LogP contribution in [0.15, 0.2) is 30.6 Å². The molecule has 2 heterocycles. The number of rotatable bonds is 4. The molecule has 0 aliphatic rings. The molecule has 2 aromatic rings. The zero-order valence-corrected chi connectivity index (χ0v) is 11.5. The average Bonchev–Trinajstić information content (AvgIpc) is 3.14. The van der Waals surface area contributed by atoms with Gasteiger partial charge in [-0.25, -0.2) is 0 Å². The summed E-state index contributed by atoms with van der Waals surface area (Å²) in [6.07, 6.45) is 3.42. The third kappa shape index (κ3) is 1.99. The zero-order chi connectivity index (χ0) is 14.8. The second kappa shape index (κ2) is 5.24. The van der Waals surface area contributed by atoms with E-state index in [9.17, 15) is 9.59 Å². The van der Waals surface area contributed by atoms with Gasteiger partial charge in [-0.3, -0.25) is 9.59 Å². The van der Waals surface area contributed by atoms with Crippen molar-refractivity contribution in [3.8, 4) is 11.4 Å². The summed E-state index contributed by atoms with van der Waals surface area (Å²) < 4.78 is 9.54. The third-order valence-electron chi connectivity index (χ3n) is 3.34. The topological polar surface area (TPSA) is 84.2 Å². The second-order valence-electron chi connectivity index (χ2n) is 4.46. The van der Waals surface area contributed by atoms with Crippen molar-refractivity contribution < 1.29 is 19.1 Å². The van der Waals surface area contributed by atoms with Crippen LogP contribution in [0, 0.1) is 0 Å². The fraction of sp³-hybridized carbons (Fsp3) is 0.286. The number of H-pyrrole nitrogens is 2. The van der Waals surface area contributed by atoms with Crippen LogP contribution < -0.4 is 0 Å². The SMILES string of the molecule is COC(=O)C(C)(C(=O)OC)c1cc[nH]c1-c1ccc[nH]1. The predicted octanol–water partition coefficient (Wildman–Crippen LogP) is 1.61. The first-order valence-corrected chi connectivity index (χ1v) is 6.04. The number of methoxy groups -OCH3 is 2. The lowest BCUT2D eigenvalue weighted by atomic mass is 9.82. The van der Waals surface area contributed by atoms with Gasteiger partial charge in [-0.2, -0.15) is 0 Å². The number of aromatic nitrogens is 2. The normalized spacial score (nSPS) is 11.2. The van der Waals surface area contributed by atoms with E-state index in [4.69, 9.17) is 9.47 Å². The number of carbonyl (C=O) groups is 2. The van der Waals surface area contributed by atoms with Gasteiger partial charge in [0.25, 0.3) is 0 Å². The number of ether oxygens (including phenoxy) is 2. The van der Waals surface area contributed by atoms with Crippen molar-refractivity contribution in [2.45, 2.75) is 12.3 Å². The van der Waals surface area contributed by atoms with Crippen molar-refractivity contribution in [2.75, 3.05) is 14.2 Å². The quantitative estimate of drug-likeness (QED) is 0.656. The van der Waals surface area contributed by atoms with Crippen molar-refractivity contribution in [1.82, 2.24) is 9.97 Å². The van der Waals surface area contributed by atoms with Gasteiger partial charge in [0, 0.05) is 18.0 Å². The minimum Gasteiger partial charge on any atom is -0.468 e. The average molecular weight is 276 g/mol. The van der Waals surface area contributed by atoms with Crippen LogP contribution in [-0.2, 0) is 24.5 Å². The number of aromatic amines is 2. The van der Waals surface area contributed by atoms with Crippen LogP contribution in [0.2, 0.25) is 0 Å². The van der Waals surface area contributed by atoms with Crippen LogP contribution in [0.5, 0.6) is 0 Å². The van der Waals surface area contributed by atoms with Gasteiger partial charge in [0.15, 0.2) is 5.41 Å². The van der Waals surface area contributed by atoms with Crippen molar-refractivity contribution in [3.63, 3.8) is 0 Å². The summed E-state index contributed by atoms with van der Waals surface area (Å²) in [4.78, 5) is 30.3. The first kappa shape index (κ1) is 13.9. The highest BCUT2D eigenvalue weighted by atomic mass is 16.5. The van der Waals surface area contributed by atoms with Crippen LogP contribution in [-0.4, -0.2) is 36.1 Å². The van der Waals surface area contributed by atoms with Gasteiger partial charge in [0.1, 0.15) is 0 Å². The molecule has 106 valence electrons. The molecule has 0 amide bonds. The molecule has 0 unspecified atom stereocenters. The van der Waals surface area contributed by atoms with Crippen molar-refractivity contribution in [2.24, 2.45) is 0 Å². The Labute approximate surface area is 116 Å². The molecule has 20 heavy (non-hydrogen) atoms. The highest BCUT2D eigenvalue weighted by Crippen LogP contribution is 2.34. The van der Waals surface area contributed by atoms with E-state index in [1.54, 1.807) is 18.5 Å². The highest BCUT2D eigenvalue weighted by molar-refractivity contribution is 6.07. The van der Waals surface area contributed by atoms with Crippen LogP contribution in [0.3, 0.4) is 0 Å². The van der Waals surface area contributed by atoms with Gasteiger partial charge in [0.2, 0.25) is 0 Å². The first-order chi connectivity index (χ1) is 9.55. The number of hydrogen-bond acceptors (Lipinski definition) is 4. The molecule has 6 nitrogen and oxygen atoms in total. The maximum atomic E-state index is 12.1. The van der Waals surface area contributed by atoms with E-state index in [0.717, 1.165) is 5.69 Å². The molecule has 0 atom stereocenters. The highest BCUT2D eigenvalue weighted by Gasteiger charge is 2.47. The Bertz CT molecular complexity index is 597. The van der Waals surface area contributed by atoms with E-state index >= 15 is 0 Å². The molecule has 0 bridgehead atoms. The Morgan fingerprint density at radius 2 is 1.70 bits per heavy atom. The molecule has 2 aromatic heterocycles. The second-order valence-corrected chi connectivity index (χ2v) is 4.46. The fourth-order valence-electron chi connectivity index (χ4n) is 2.21. The monoisotopic (exact) mass is 276 g/mol. The van der Waals surface area contributed by atoms with E-state index in [0.29, 0.717) is 11.3 Å². The molecular formula is C14H16N2O4.